The first kappa shape index (κ1) is 16.5. The van der Waals surface area contributed by atoms with Crippen molar-refractivity contribution in [2.45, 2.75) is 18.8 Å². The van der Waals surface area contributed by atoms with Crippen molar-refractivity contribution in [3.8, 4) is 17.0 Å². The monoisotopic (exact) mass is 325 g/mol. The van der Waals surface area contributed by atoms with Crippen molar-refractivity contribution in [3.63, 3.8) is 0 Å². The van der Waals surface area contributed by atoms with Crippen molar-refractivity contribution < 1.29 is 9.53 Å². The number of methoxy groups -OCH3 is 1. The van der Waals surface area contributed by atoms with Crippen LogP contribution < -0.4 is 10.5 Å². The molecule has 1 fully saturated rings. The van der Waals surface area contributed by atoms with E-state index in [1.54, 1.807) is 7.11 Å². The molecule has 1 aromatic carbocycles. The molecule has 5 heteroatoms. The first-order valence-electron chi connectivity index (χ1n) is 8.28. The zero-order valence-corrected chi connectivity index (χ0v) is 13.9. The van der Waals surface area contributed by atoms with Crippen LogP contribution in [0.3, 0.4) is 0 Å². The number of pyridine rings is 1. The average Bonchev–Trinajstić information content (AvgIpc) is 2.61. The molecule has 2 heterocycles. The number of ether oxygens (including phenoxy) is 1. The minimum absolute atomic E-state index is 0.270. The van der Waals surface area contributed by atoms with Crippen LogP contribution in [0, 0.1) is 0 Å². The number of likely N-dealkylation sites (tertiary alicyclic amines) is 1. The molecule has 0 bridgehead atoms. The normalized spacial score (nSPS) is 18.3. The molecule has 0 unspecified atom stereocenters. The Morgan fingerprint density at radius 1 is 1.33 bits per heavy atom. The molecule has 1 amide bonds. The number of primary amides is 1. The van der Waals surface area contributed by atoms with E-state index in [0.29, 0.717) is 12.5 Å². The molecule has 2 aromatic rings. The summed E-state index contributed by atoms with van der Waals surface area (Å²) in [5, 5.41) is 0. The van der Waals surface area contributed by atoms with Crippen molar-refractivity contribution in [1.82, 2.24) is 9.88 Å². The highest BCUT2D eigenvalue weighted by Crippen LogP contribution is 2.28. The molecule has 0 saturated carbocycles. The largest absolute Gasteiger partial charge is 0.497 e. The number of aromatic nitrogens is 1. The predicted molar refractivity (Wildman–Crippen MR) is 93.8 cm³/mol. The lowest BCUT2D eigenvalue weighted by Crippen LogP contribution is -2.40. The first-order chi connectivity index (χ1) is 11.7. The summed E-state index contributed by atoms with van der Waals surface area (Å²) in [5.41, 5.74) is 8.39. The quantitative estimate of drug-likeness (QED) is 0.917. The highest BCUT2D eigenvalue weighted by molar-refractivity contribution is 5.75. The van der Waals surface area contributed by atoms with Gasteiger partial charge in [0.1, 0.15) is 5.75 Å². The molecule has 0 spiro atoms. The lowest BCUT2D eigenvalue weighted by molar-refractivity contribution is -0.119. The van der Waals surface area contributed by atoms with Crippen LogP contribution in [0.4, 0.5) is 0 Å². The van der Waals surface area contributed by atoms with E-state index in [9.17, 15) is 4.79 Å². The van der Waals surface area contributed by atoms with Gasteiger partial charge in [-0.25, -0.2) is 0 Å². The van der Waals surface area contributed by atoms with Crippen molar-refractivity contribution >= 4 is 5.91 Å². The number of amides is 1. The number of nitrogens with zero attached hydrogens (tertiary/aromatic N) is 2. The van der Waals surface area contributed by atoms with Gasteiger partial charge in [-0.3, -0.25) is 14.7 Å². The van der Waals surface area contributed by atoms with Crippen LogP contribution in [0.5, 0.6) is 5.75 Å². The minimum Gasteiger partial charge on any atom is -0.497 e. The zero-order chi connectivity index (χ0) is 16.9. The Bertz CT molecular complexity index is 717. The van der Waals surface area contributed by atoms with Gasteiger partial charge in [-0.2, -0.15) is 0 Å². The van der Waals surface area contributed by atoms with Crippen molar-refractivity contribution in [2.24, 2.45) is 5.73 Å². The highest BCUT2D eigenvalue weighted by atomic mass is 16.5. The second kappa shape index (κ2) is 7.45. The van der Waals surface area contributed by atoms with Gasteiger partial charge in [0.15, 0.2) is 0 Å². The van der Waals surface area contributed by atoms with Gasteiger partial charge in [0.2, 0.25) is 5.91 Å². The van der Waals surface area contributed by atoms with Crippen LogP contribution in [-0.4, -0.2) is 42.5 Å². The average molecular weight is 325 g/mol. The Kier molecular flexibility index (Phi) is 5.11. The van der Waals surface area contributed by atoms with Gasteiger partial charge in [-0.15, -0.1) is 0 Å². The summed E-state index contributed by atoms with van der Waals surface area (Å²) >= 11 is 0. The third-order valence-electron chi connectivity index (χ3n) is 4.44. The molecular weight excluding hydrogens is 302 g/mol. The predicted octanol–water partition coefficient (Wildman–Crippen LogP) is 2.42. The number of carbonyl (C=O) groups excluding carboxylic acids is 1. The summed E-state index contributed by atoms with van der Waals surface area (Å²) < 4.78 is 5.30. The molecule has 1 saturated heterocycles. The molecule has 2 N–H and O–H groups in total. The Balaban J connectivity index is 1.80. The maximum atomic E-state index is 11.2. The Hall–Kier alpha value is -2.40. The lowest BCUT2D eigenvalue weighted by atomic mass is 9.94. The van der Waals surface area contributed by atoms with E-state index in [0.717, 1.165) is 48.6 Å². The third kappa shape index (κ3) is 3.92. The molecule has 1 aliphatic heterocycles. The van der Waals surface area contributed by atoms with Crippen molar-refractivity contribution in [3.05, 3.63) is 48.2 Å². The molecule has 5 nitrogen and oxygen atoms in total. The summed E-state index contributed by atoms with van der Waals surface area (Å²) in [6.07, 6.45) is 2.15. The lowest BCUT2D eigenvalue weighted by Gasteiger charge is -2.31. The summed E-state index contributed by atoms with van der Waals surface area (Å²) in [6, 6.07) is 14.1. The van der Waals surface area contributed by atoms with Gasteiger partial charge in [-0.05, 0) is 43.7 Å². The Morgan fingerprint density at radius 2 is 2.17 bits per heavy atom. The molecule has 1 aromatic heterocycles. The van der Waals surface area contributed by atoms with Crippen LogP contribution in [-0.2, 0) is 4.79 Å². The van der Waals surface area contributed by atoms with Gasteiger partial charge in [-0.1, -0.05) is 18.2 Å². The maximum Gasteiger partial charge on any atom is 0.231 e. The fourth-order valence-electron chi connectivity index (χ4n) is 3.28. The fraction of sp³-hybridized carbons (Fsp3) is 0.368. The fourth-order valence-corrected chi connectivity index (χ4v) is 3.28. The number of hydrogen-bond donors (Lipinski definition) is 1. The van der Waals surface area contributed by atoms with E-state index in [1.165, 1.54) is 0 Å². The summed E-state index contributed by atoms with van der Waals surface area (Å²) in [7, 11) is 1.66. The minimum atomic E-state index is -0.270. The summed E-state index contributed by atoms with van der Waals surface area (Å²) in [4.78, 5) is 18.1. The second-order valence-corrected chi connectivity index (χ2v) is 6.22. The SMILES string of the molecule is COc1cccc(-c2cccc([C@H]3CCCN(CC(N)=O)C3)n2)c1. The smallest absolute Gasteiger partial charge is 0.231 e. The standard InChI is InChI=1S/C19H23N3O2/c1-24-16-7-2-5-14(11-16)17-8-3-9-18(21-17)15-6-4-10-22(12-15)13-19(20)23/h2-3,5,7-9,11,15H,4,6,10,12-13H2,1H3,(H2,20,23)/t15-/m0/s1. The molecule has 126 valence electrons. The third-order valence-corrected chi connectivity index (χ3v) is 4.44. The van der Waals surface area contributed by atoms with E-state index >= 15 is 0 Å². The topological polar surface area (TPSA) is 68.5 Å². The van der Waals surface area contributed by atoms with Crippen molar-refractivity contribution in [1.29, 1.82) is 0 Å². The molecule has 1 atom stereocenters. The number of carbonyl (C=O) groups is 1. The molecule has 3 rings (SSSR count). The van der Waals surface area contributed by atoms with E-state index in [4.69, 9.17) is 15.5 Å². The van der Waals surface area contributed by atoms with Crippen LogP contribution in [0.15, 0.2) is 42.5 Å². The number of piperidine rings is 1. The van der Waals surface area contributed by atoms with E-state index < -0.39 is 0 Å². The Labute approximate surface area is 142 Å². The zero-order valence-electron chi connectivity index (χ0n) is 13.9. The molecule has 24 heavy (non-hydrogen) atoms. The maximum absolute atomic E-state index is 11.2. The summed E-state index contributed by atoms with van der Waals surface area (Å²) in [5.74, 6) is 0.891. The van der Waals surface area contributed by atoms with Gasteiger partial charge in [0.25, 0.3) is 0 Å². The number of rotatable bonds is 5. The van der Waals surface area contributed by atoms with Crippen LogP contribution in [0.2, 0.25) is 0 Å². The van der Waals surface area contributed by atoms with Gasteiger partial charge >= 0.3 is 0 Å². The number of benzene rings is 1. The number of nitrogens with two attached hydrogens (primary N) is 1. The van der Waals surface area contributed by atoms with E-state index in [-0.39, 0.29) is 5.91 Å². The number of hydrogen-bond acceptors (Lipinski definition) is 4. The Morgan fingerprint density at radius 3 is 2.96 bits per heavy atom. The molecule has 0 radical (unpaired) electrons. The molecule has 0 aliphatic carbocycles. The van der Waals surface area contributed by atoms with Gasteiger partial charge < -0.3 is 10.5 Å². The van der Waals surface area contributed by atoms with E-state index in [2.05, 4.69) is 11.0 Å². The van der Waals surface area contributed by atoms with Crippen molar-refractivity contribution in [2.75, 3.05) is 26.7 Å². The highest BCUT2D eigenvalue weighted by Gasteiger charge is 2.23. The van der Waals surface area contributed by atoms with Crippen LogP contribution in [0.1, 0.15) is 24.5 Å². The van der Waals surface area contributed by atoms with Crippen LogP contribution in [0.25, 0.3) is 11.3 Å². The summed E-state index contributed by atoms with van der Waals surface area (Å²) in [6.45, 7) is 2.08. The van der Waals surface area contributed by atoms with Gasteiger partial charge in [0, 0.05) is 23.7 Å². The van der Waals surface area contributed by atoms with E-state index in [1.807, 2.05) is 36.4 Å². The molecule has 1 aliphatic rings. The van der Waals surface area contributed by atoms with Crippen LogP contribution >= 0.6 is 0 Å². The molecular formula is C19H23N3O2. The van der Waals surface area contributed by atoms with Gasteiger partial charge in [0.05, 0.1) is 19.3 Å². The first-order valence-corrected chi connectivity index (χ1v) is 8.28. The second-order valence-electron chi connectivity index (χ2n) is 6.22.